The standard InChI is InChI=1S/C13H17ClN6/c1-10(19-7-5-15-6-8-19)13-16-18-20(17-13)12-4-2-3-11(14)9-12/h2-4,9-10,15H,5-8H2,1H3/t10-/m0/s1. The molecule has 106 valence electrons. The number of nitrogens with zero attached hydrogens (tertiary/aromatic N) is 5. The minimum atomic E-state index is 0.171. The number of tetrazole rings is 1. The highest BCUT2D eigenvalue weighted by Crippen LogP contribution is 2.17. The van der Waals surface area contributed by atoms with Crippen molar-refractivity contribution in [3.8, 4) is 5.69 Å². The van der Waals surface area contributed by atoms with Crippen LogP contribution in [0.2, 0.25) is 5.02 Å². The van der Waals surface area contributed by atoms with Gasteiger partial charge in [-0.3, -0.25) is 4.90 Å². The van der Waals surface area contributed by atoms with Gasteiger partial charge in [0, 0.05) is 31.2 Å². The van der Waals surface area contributed by atoms with Crippen LogP contribution in [0.1, 0.15) is 18.8 Å². The maximum atomic E-state index is 5.98. The summed E-state index contributed by atoms with van der Waals surface area (Å²) in [6, 6.07) is 7.60. The Morgan fingerprint density at radius 1 is 1.30 bits per heavy atom. The van der Waals surface area contributed by atoms with Gasteiger partial charge in [0.25, 0.3) is 0 Å². The number of rotatable bonds is 3. The predicted molar refractivity (Wildman–Crippen MR) is 77.0 cm³/mol. The van der Waals surface area contributed by atoms with E-state index in [1.807, 2.05) is 24.3 Å². The molecule has 1 aromatic heterocycles. The van der Waals surface area contributed by atoms with Gasteiger partial charge in [0.1, 0.15) is 0 Å². The van der Waals surface area contributed by atoms with Gasteiger partial charge in [-0.2, -0.15) is 0 Å². The molecule has 1 aliphatic rings. The zero-order valence-corrected chi connectivity index (χ0v) is 12.1. The van der Waals surface area contributed by atoms with Gasteiger partial charge in [0.2, 0.25) is 0 Å². The van der Waals surface area contributed by atoms with Crippen LogP contribution in [0.25, 0.3) is 5.69 Å². The van der Waals surface area contributed by atoms with Gasteiger partial charge in [-0.15, -0.1) is 15.0 Å². The van der Waals surface area contributed by atoms with Gasteiger partial charge in [0.15, 0.2) is 5.82 Å². The summed E-state index contributed by atoms with van der Waals surface area (Å²) in [7, 11) is 0. The molecule has 1 N–H and O–H groups in total. The van der Waals surface area contributed by atoms with E-state index in [2.05, 4.69) is 32.6 Å². The normalized spacial score (nSPS) is 18.1. The summed E-state index contributed by atoms with van der Waals surface area (Å²) in [5.74, 6) is 0.742. The predicted octanol–water partition coefficient (Wildman–Crippen LogP) is 1.28. The van der Waals surface area contributed by atoms with E-state index in [0.29, 0.717) is 5.02 Å². The quantitative estimate of drug-likeness (QED) is 0.923. The molecule has 0 amide bonds. The Balaban J connectivity index is 1.79. The van der Waals surface area contributed by atoms with Crippen LogP contribution in [0.3, 0.4) is 0 Å². The lowest BCUT2D eigenvalue weighted by Crippen LogP contribution is -2.44. The third kappa shape index (κ3) is 2.82. The van der Waals surface area contributed by atoms with Crippen molar-refractivity contribution in [3.05, 3.63) is 35.1 Å². The highest BCUT2D eigenvalue weighted by Gasteiger charge is 2.21. The van der Waals surface area contributed by atoms with Crippen LogP contribution in [-0.2, 0) is 0 Å². The zero-order chi connectivity index (χ0) is 13.9. The molecule has 1 aromatic carbocycles. The first-order valence-electron chi connectivity index (χ1n) is 6.74. The molecule has 7 heteroatoms. The molecule has 2 aromatic rings. The fraction of sp³-hybridized carbons (Fsp3) is 0.462. The third-order valence-electron chi connectivity index (χ3n) is 3.54. The molecule has 6 nitrogen and oxygen atoms in total. The van der Waals surface area contributed by atoms with E-state index in [1.54, 1.807) is 0 Å². The van der Waals surface area contributed by atoms with Crippen LogP contribution >= 0.6 is 11.6 Å². The summed E-state index contributed by atoms with van der Waals surface area (Å²) >= 11 is 5.98. The molecule has 0 radical (unpaired) electrons. The fourth-order valence-electron chi connectivity index (χ4n) is 2.33. The SMILES string of the molecule is C[C@@H](c1nnn(-c2cccc(Cl)c2)n1)N1CCNCC1. The molecule has 0 saturated carbocycles. The number of piperazine rings is 1. The molecule has 1 atom stereocenters. The zero-order valence-electron chi connectivity index (χ0n) is 11.3. The molecule has 3 rings (SSSR count). The van der Waals surface area contributed by atoms with Gasteiger partial charge in [-0.25, -0.2) is 0 Å². The molecule has 0 aliphatic carbocycles. The van der Waals surface area contributed by atoms with E-state index < -0.39 is 0 Å². The Kier molecular flexibility index (Phi) is 3.95. The van der Waals surface area contributed by atoms with E-state index in [1.165, 1.54) is 4.80 Å². The second-order valence-electron chi connectivity index (χ2n) is 4.88. The minimum Gasteiger partial charge on any atom is -0.314 e. The van der Waals surface area contributed by atoms with Crippen molar-refractivity contribution in [2.45, 2.75) is 13.0 Å². The smallest absolute Gasteiger partial charge is 0.192 e. The van der Waals surface area contributed by atoms with Crippen LogP contribution < -0.4 is 5.32 Å². The first kappa shape index (κ1) is 13.5. The summed E-state index contributed by atoms with van der Waals surface area (Å²) in [5.41, 5.74) is 0.823. The highest BCUT2D eigenvalue weighted by molar-refractivity contribution is 6.30. The lowest BCUT2D eigenvalue weighted by atomic mass is 10.2. The molecule has 20 heavy (non-hydrogen) atoms. The number of halogens is 1. The molecular formula is C13H17ClN6. The van der Waals surface area contributed by atoms with Gasteiger partial charge >= 0.3 is 0 Å². The topological polar surface area (TPSA) is 58.9 Å². The Labute approximate surface area is 122 Å². The average molecular weight is 293 g/mol. The van der Waals surface area contributed by atoms with Gasteiger partial charge in [-0.1, -0.05) is 17.7 Å². The monoisotopic (exact) mass is 292 g/mol. The number of hydrogen-bond donors (Lipinski definition) is 1. The summed E-state index contributed by atoms with van der Waals surface area (Å²) in [6.45, 7) is 6.14. The van der Waals surface area contributed by atoms with Crippen molar-refractivity contribution in [1.82, 2.24) is 30.4 Å². The van der Waals surface area contributed by atoms with Gasteiger partial charge in [-0.05, 0) is 30.3 Å². The first-order chi connectivity index (χ1) is 9.74. The Bertz CT molecular complexity index is 578. The van der Waals surface area contributed by atoms with Crippen molar-refractivity contribution in [2.75, 3.05) is 26.2 Å². The number of nitrogens with one attached hydrogen (secondary N) is 1. The largest absolute Gasteiger partial charge is 0.314 e. The van der Waals surface area contributed by atoms with E-state index in [9.17, 15) is 0 Å². The summed E-state index contributed by atoms with van der Waals surface area (Å²) in [6.07, 6.45) is 0. The van der Waals surface area contributed by atoms with Crippen LogP contribution in [0, 0.1) is 0 Å². The summed E-state index contributed by atoms with van der Waals surface area (Å²) in [4.78, 5) is 3.88. The van der Waals surface area contributed by atoms with Crippen molar-refractivity contribution >= 4 is 11.6 Å². The van der Waals surface area contributed by atoms with E-state index in [0.717, 1.165) is 37.7 Å². The first-order valence-corrected chi connectivity index (χ1v) is 7.12. The van der Waals surface area contributed by atoms with Crippen LogP contribution in [0.4, 0.5) is 0 Å². The van der Waals surface area contributed by atoms with Crippen molar-refractivity contribution in [2.24, 2.45) is 0 Å². The molecule has 1 saturated heterocycles. The van der Waals surface area contributed by atoms with Crippen molar-refractivity contribution in [1.29, 1.82) is 0 Å². The summed E-state index contributed by atoms with van der Waals surface area (Å²) < 4.78 is 0. The van der Waals surface area contributed by atoms with E-state index >= 15 is 0 Å². The molecule has 1 fully saturated rings. The van der Waals surface area contributed by atoms with Crippen LogP contribution in [-0.4, -0.2) is 51.3 Å². The highest BCUT2D eigenvalue weighted by atomic mass is 35.5. The lowest BCUT2D eigenvalue weighted by molar-refractivity contribution is 0.179. The number of benzene rings is 1. The molecule has 0 spiro atoms. The summed E-state index contributed by atoms with van der Waals surface area (Å²) in [5, 5.41) is 16.8. The van der Waals surface area contributed by atoms with Crippen LogP contribution in [0.15, 0.2) is 24.3 Å². The maximum Gasteiger partial charge on any atom is 0.192 e. The van der Waals surface area contributed by atoms with E-state index in [4.69, 9.17) is 11.6 Å². The second kappa shape index (κ2) is 5.87. The maximum absolute atomic E-state index is 5.98. The Hall–Kier alpha value is -1.50. The molecular weight excluding hydrogens is 276 g/mol. The Morgan fingerprint density at radius 2 is 2.10 bits per heavy atom. The molecule has 0 unspecified atom stereocenters. The molecule has 1 aliphatic heterocycles. The minimum absolute atomic E-state index is 0.171. The fourth-order valence-corrected chi connectivity index (χ4v) is 2.52. The molecule has 0 bridgehead atoms. The van der Waals surface area contributed by atoms with E-state index in [-0.39, 0.29) is 6.04 Å². The lowest BCUT2D eigenvalue weighted by Gasteiger charge is -2.30. The molecule has 2 heterocycles. The van der Waals surface area contributed by atoms with Crippen molar-refractivity contribution in [3.63, 3.8) is 0 Å². The third-order valence-corrected chi connectivity index (χ3v) is 3.78. The number of aromatic nitrogens is 4. The Morgan fingerprint density at radius 3 is 2.85 bits per heavy atom. The average Bonchev–Trinajstić information content (AvgIpc) is 2.97. The van der Waals surface area contributed by atoms with Gasteiger partial charge < -0.3 is 5.32 Å². The van der Waals surface area contributed by atoms with Crippen LogP contribution in [0.5, 0.6) is 0 Å². The number of hydrogen-bond acceptors (Lipinski definition) is 5. The van der Waals surface area contributed by atoms with Gasteiger partial charge in [0.05, 0.1) is 11.7 Å². The second-order valence-corrected chi connectivity index (χ2v) is 5.32. The van der Waals surface area contributed by atoms with Crippen molar-refractivity contribution < 1.29 is 0 Å².